The summed E-state index contributed by atoms with van der Waals surface area (Å²) < 4.78 is 5.52. The Balaban J connectivity index is 1.58. The average molecular weight is 388 g/mol. The maximum absolute atomic E-state index is 12.7. The third kappa shape index (κ3) is 5.94. The molecule has 0 saturated heterocycles. The number of hydrogen-bond acceptors (Lipinski definition) is 3. The lowest BCUT2D eigenvalue weighted by Crippen LogP contribution is -2.26. The first-order chi connectivity index (χ1) is 14.0. The van der Waals surface area contributed by atoms with Crippen LogP contribution in [-0.4, -0.2) is 30.4 Å². The second kappa shape index (κ2) is 9.55. The molecule has 0 unspecified atom stereocenters. The van der Waals surface area contributed by atoms with Crippen molar-refractivity contribution in [2.24, 2.45) is 0 Å². The molecule has 0 aliphatic heterocycles. The highest BCUT2D eigenvalue weighted by atomic mass is 16.5. The first-order valence-electron chi connectivity index (χ1n) is 9.40. The van der Waals surface area contributed by atoms with E-state index in [0.717, 1.165) is 11.1 Å². The molecule has 0 spiro atoms. The van der Waals surface area contributed by atoms with Crippen LogP contribution >= 0.6 is 0 Å². The van der Waals surface area contributed by atoms with E-state index in [2.05, 4.69) is 5.32 Å². The molecule has 0 atom stereocenters. The third-order valence-electron chi connectivity index (χ3n) is 4.36. The normalized spacial score (nSPS) is 10.3. The minimum absolute atomic E-state index is 0.102. The number of rotatable bonds is 7. The van der Waals surface area contributed by atoms with Gasteiger partial charge in [-0.25, -0.2) is 0 Å². The molecule has 0 aromatic heterocycles. The molecule has 1 N–H and O–H groups in total. The van der Waals surface area contributed by atoms with Gasteiger partial charge in [0.05, 0.1) is 0 Å². The van der Waals surface area contributed by atoms with Gasteiger partial charge < -0.3 is 15.0 Å². The van der Waals surface area contributed by atoms with Gasteiger partial charge in [0.25, 0.3) is 11.8 Å². The topological polar surface area (TPSA) is 58.6 Å². The van der Waals surface area contributed by atoms with Gasteiger partial charge >= 0.3 is 0 Å². The number of aryl methyl sites for hydroxylation is 1. The standard InChI is InChI=1S/C24H24N2O3/c1-18-8-6-13-22(14-18)29-17-23(27)25-21-12-7-11-20(15-21)24(28)26(2)16-19-9-4-3-5-10-19/h3-15H,16-17H2,1-2H3,(H,25,27). The number of carbonyl (C=O) groups excluding carboxylic acids is 2. The number of nitrogens with zero attached hydrogens (tertiary/aromatic N) is 1. The molecule has 5 nitrogen and oxygen atoms in total. The molecule has 0 aliphatic carbocycles. The molecule has 0 fully saturated rings. The third-order valence-corrected chi connectivity index (χ3v) is 4.36. The van der Waals surface area contributed by atoms with Crippen LogP contribution in [0, 0.1) is 6.92 Å². The zero-order valence-electron chi connectivity index (χ0n) is 16.6. The summed E-state index contributed by atoms with van der Waals surface area (Å²) in [6, 6.07) is 24.2. The van der Waals surface area contributed by atoms with E-state index in [4.69, 9.17) is 4.74 Å². The molecule has 0 saturated carbocycles. The summed E-state index contributed by atoms with van der Waals surface area (Å²) in [5.74, 6) is 0.251. The molecule has 5 heteroatoms. The van der Waals surface area contributed by atoms with Crippen LogP contribution in [0.4, 0.5) is 5.69 Å². The Morgan fingerprint density at radius 1 is 0.931 bits per heavy atom. The fourth-order valence-corrected chi connectivity index (χ4v) is 2.93. The average Bonchev–Trinajstić information content (AvgIpc) is 2.73. The summed E-state index contributed by atoms with van der Waals surface area (Å²) in [5, 5.41) is 2.78. The Hall–Kier alpha value is -3.60. The van der Waals surface area contributed by atoms with Crippen molar-refractivity contribution in [1.29, 1.82) is 0 Å². The van der Waals surface area contributed by atoms with E-state index >= 15 is 0 Å². The molecule has 0 aliphatic rings. The van der Waals surface area contributed by atoms with Gasteiger partial charge in [-0.1, -0.05) is 48.5 Å². The van der Waals surface area contributed by atoms with Crippen LogP contribution in [0.1, 0.15) is 21.5 Å². The van der Waals surface area contributed by atoms with E-state index in [1.54, 1.807) is 36.2 Å². The van der Waals surface area contributed by atoms with Crippen molar-refractivity contribution in [3.63, 3.8) is 0 Å². The van der Waals surface area contributed by atoms with Gasteiger partial charge in [-0.05, 0) is 48.4 Å². The number of ether oxygens (including phenoxy) is 1. The smallest absolute Gasteiger partial charge is 0.262 e. The molecule has 0 radical (unpaired) electrons. The van der Waals surface area contributed by atoms with E-state index in [0.29, 0.717) is 23.5 Å². The van der Waals surface area contributed by atoms with Crippen molar-refractivity contribution in [1.82, 2.24) is 4.90 Å². The Morgan fingerprint density at radius 3 is 2.45 bits per heavy atom. The second-order valence-electron chi connectivity index (χ2n) is 6.88. The lowest BCUT2D eigenvalue weighted by molar-refractivity contribution is -0.118. The zero-order valence-corrected chi connectivity index (χ0v) is 16.6. The Morgan fingerprint density at radius 2 is 1.69 bits per heavy atom. The molecule has 3 rings (SSSR count). The minimum atomic E-state index is -0.284. The van der Waals surface area contributed by atoms with Gasteiger partial charge in [0.15, 0.2) is 6.61 Å². The molecule has 3 aromatic carbocycles. The predicted molar refractivity (Wildman–Crippen MR) is 114 cm³/mol. The van der Waals surface area contributed by atoms with Crippen LogP contribution in [0.2, 0.25) is 0 Å². The van der Waals surface area contributed by atoms with E-state index in [1.807, 2.05) is 61.5 Å². The summed E-state index contributed by atoms with van der Waals surface area (Å²) in [4.78, 5) is 26.6. The van der Waals surface area contributed by atoms with E-state index in [1.165, 1.54) is 0 Å². The number of nitrogens with one attached hydrogen (secondary N) is 1. The number of amides is 2. The molecular formula is C24H24N2O3. The summed E-state index contributed by atoms with van der Waals surface area (Å²) in [7, 11) is 1.76. The highest BCUT2D eigenvalue weighted by Gasteiger charge is 2.13. The lowest BCUT2D eigenvalue weighted by Gasteiger charge is -2.18. The van der Waals surface area contributed by atoms with Crippen molar-refractivity contribution in [3.05, 3.63) is 95.6 Å². The van der Waals surface area contributed by atoms with Gasteiger partial charge in [-0.2, -0.15) is 0 Å². The van der Waals surface area contributed by atoms with Gasteiger partial charge in [-0.3, -0.25) is 9.59 Å². The molecule has 148 valence electrons. The summed E-state index contributed by atoms with van der Waals surface area (Å²) in [6.07, 6.45) is 0. The van der Waals surface area contributed by atoms with Crippen molar-refractivity contribution >= 4 is 17.5 Å². The molecule has 0 bridgehead atoms. The van der Waals surface area contributed by atoms with E-state index in [9.17, 15) is 9.59 Å². The summed E-state index contributed by atoms with van der Waals surface area (Å²) >= 11 is 0. The zero-order chi connectivity index (χ0) is 20.6. The first kappa shape index (κ1) is 20.1. The molecular weight excluding hydrogens is 364 g/mol. The van der Waals surface area contributed by atoms with Crippen molar-refractivity contribution in [2.75, 3.05) is 19.0 Å². The number of carbonyl (C=O) groups is 2. The van der Waals surface area contributed by atoms with Crippen LogP contribution in [-0.2, 0) is 11.3 Å². The SMILES string of the molecule is Cc1cccc(OCC(=O)Nc2cccc(C(=O)N(C)Cc3ccccc3)c2)c1. The van der Waals surface area contributed by atoms with Crippen molar-refractivity contribution in [2.45, 2.75) is 13.5 Å². The largest absolute Gasteiger partial charge is 0.484 e. The van der Waals surface area contributed by atoms with E-state index < -0.39 is 0 Å². The second-order valence-corrected chi connectivity index (χ2v) is 6.88. The van der Waals surface area contributed by atoms with Gasteiger partial charge in [-0.15, -0.1) is 0 Å². The fourth-order valence-electron chi connectivity index (χ4n) is 2.93. The Kier molecular flexibility index (Phi) is 6.63. The first-order valence-corrected chi connectivity index (χ1v) is 9.40. The highest BCUT2D eigenvalue weighted by Crippen LogP contribution is 2.15. The summed E-state index contributed by atoms with van der Waals surface area (Å²) in [5.41, 5.74) is 3.19. The van der Waals surface area contributed by atoms with Crippen molar-refractivity contribution in [3.8, 4) is 5.75 Å². The lowest BCUT2D eigenvalue weighted by atomic mass is 10.1. The van der Waals surface area contributed by atoms with Gasteiger partial charge in [0.1, 0.15) is 5.75 Å². The fraction of sp³-hybridized carbons (Fsp3) is 0.167. The van der Waals surface area contributed by atoms with Gasteiger partial charge in [0, 0.05) is 24.8 Å². The maximum atomic E-state index is 12.7. The van der Waals surface area contributed by atoms with Crippen molar-refractivity contribution < 1.29 is 14.3 Å². The van der Waals surface area contributed by atoms with Crippen LogP contribution in [0.25, 0.3) is 0 Å². The highest BCUT2D eigenvalue weighted by molar-refractivity contribution is 5.97. The number of hydrogen-bond donors (Lipinski definition) is 1. The number of benzene rings is 3. The van der Waals surface area contributed by atoms with Crippen LogP contribution in [0.3, 0.4) is 0 Å². The van der Waals surface area contributed by atoms with E-state index in [-0.39, 0.29) is 18.4 Å². The van der Waals surface area contributed by atoms with Gasteiger partial charge in [0.2, 0.25) is 0 Å². The van der Waals surface area contributed by atoms with Crippen LogP contribution in [0.5, 0.6) is 5.75 Å². The maximum Gasteiger partial charge on any atom is 0.262 e. The number of anilines is 1. The summed E-state index contributed by atoms with van der Waals surface area (Å²) in [6.45, 7) is 2.38. The van der Waals surface area contributed by atoms with Crippen LogP contribution < -0.4 is 10.1 Å². The Bertz CT molecular complexity index is 986. The molecule has 3 aromatic rings. The predicted octanol–water partition coefficient (Wildman–Crippen LogP) is 4.28. The molecule has 0 heterocycles. The Labute approximate surface area is 170 Å². The quantitative estimate of drug-likeness (QED) is 0.657. The minimum Gasteiger partial charge on any atom is -0.484 e. The van der Waals surface area contributed by atoms with Crippen LogP contribution in [0.15, 0.2) is 78.9 Å². The monoisotopic (exact) mass is 388 g/mol. The molecule has 2 amide bonds. The molecule has 29 heavy (non-hydrogen) atoms.